The van der Waals surface area contributed by atoms with Crippen LogP contribution >= 0.6 is 15.9 Å². The number of ketones is 1. The lowest BCUT2D eigenvalue weighted by molar-refractivity contribution is -0.385. The van der Waals surface area contributed by atoms with Crippen molar-refractivity contribution in [3.05, 3.63) is 43.9 Å². The molecule has 0 radical (unpaired) electrons. The molecule has 0 saturated heterocycles. The zero-order chi connectivity index (χ0) is 15.5. The number of Topliss-reactive ketones (excluding diaryl/α,β-unsaturated/α-hetero) is 1. The van der Waals surface area contributed by atoms with Crippen molar-refractivity contribution in [2.24, 2.45) is 5.41 Å². The summed E-state index contributed by atoms with van der Waals surface area (Å²) in [6, 6.07) is 6.28. The first kappa shape index (κ1) is 16.1. The molecule has 1 aromatic carbocycles. The maximum absolute atomic E-state index is 12.1. The number of hydrogen-bond donors (Lipinski definition) is 0. The summed E-state index contributed by atoms with van der Waals surface area (Å²) >= 11 is 3.08. The first-order valence-electron chi connectivity index (χ1n) is 5.77. The van der Waals surface area contributed by atoms with Crippen LogP contribution in [0.3, 0.4) is 0 Å². The number of allylic oxidation sites excluding steroid dienone is 1. The topological polar surface area (TPSA) is 84.0 Å². The number of nitrogens with zero attached hydrogens (tertiary/aromatic N) is 2. The van der Waals surface area contributed by atoms with Crippen molar-refractivity contribution < 1.29 is 9.72 Å². The smallest absolute Gasteiger partial charge is 0.284 e. The molecule has 6 heteroatoms. The number of carbonyl (C=O) groups excluding carboxylic acids is 1. The van der Waals surface area contributed by atoms with Crippen LogP contribution in [-0.4, -0.2) is 10.7 Å². The summed E-state index contributed by atoms with van der Waals surface area (Å²) in [5.41, 5.74) is -0.370. The van der Waals surface area contributed by atoms with Gasteiger partial charge < -0.3 is 0 Å². The summed E-state index contributed by atoms with van der Waals surface area (Å²) in [5, 5.41) is 19.9. The summed E-state index contributed by atoms with van der Waals surface area (Å²) in [6.07, 6.45) is 1.37. The lowest BCUT2D eigenvalue weighted by Gasteiger charge is -2.15. The molecule has 0 fully saturated rings. The number of nitro groups is 1. The monoisotopic (exact) mass is 336 g/mol. The molecule has 0 aliphatic rings. The molecule has 5 nitrogen and oxygen atoms in total. The van der Waals surface area contributed by atoms with Gasteiger partial charge in [-0.1, -0.05) is 26.8 Å². The van der Waals surface area contributed by atoms with Crippen LogP contribution in [0.15, 0.2) is 28.2 Å². The van der Waals surface area contributed by atoms with Gasteiger partial charge in [-0.05, 0) is 33.6 Å². The Bertz CT molecular complexity index is 637. The van der Waals surface area contributed by atoms with E-state index < -0.39 is 10.3 Å². The number of rotatable bonds is 3. The fourth-order valence-electron chi connectivity index (χ4n) is 1.48. The Morgan fingerprint density at radius 2 is 2.05 bits per heavy atom. The average molecular weight is 337 g/mol. The highest BCUT2D eigenvalue weighted by molar-refractivity contribution is 9.10. The van der Waals surface area contributed by atoms with E-state index in [9.17, 15) is 14.9 Å². The summed E-state index contributed by atoms with van der Waals surface area (Å²) in [4.78, 5) is 22.4. The molecule has 1 rings (SSSR count). The number of hydrogen-bond acceptors (Lipinski definition) is 4. The molecule has 0 saturated carbocycles. The quantitative estimate of drug-likeness (QED) is 0.363. The number of benzene rings is 1. The third-order valence-corrected chi connectivity index (χ3v) is 3.19. The van der Waals surface area contributed by atoms with Gasteiger partial charge in [0.25, 0.3) is 5.69 Å². The van der Waals surface area contributed by atoms with E-state index in [0.717, 1.165) is 0 Å². The fraction of sp³-hybridized carbons (Fsp3) is 0.286. The standard InChI is InChI=1S/C14H13BrN2O3/c1-14(2,3)13(18)10(8-16)6-9-4-5-11(15)12(7-9)17(19)20/h4-7H,1-3H3/b10-6+. The normalized spacial score (nSPS) is 11.8. The van der Waals surface area contributed by atoms with Gasteiger partial charge in [0.2, 0.25) is 0 Å². The van der Waals surface area contributed by atoms with E-state index in [1.807, 2.05) is 6.07 Å². The average Bonchev–Trinajstić information content (AvgIpc) is 2.35. The Hall–Kier alpha value is -2.00. The molecule has 0 aliphatic heterocycles. The largest absolute Gasteiger partial charge is 0.293 e. The molecule has 0 heterocycles. The van der Waals surface area contributed by atoms with Crippen LogP contribution < -0.4 is 0 Å². The van der Waals surface area contributed by atoms with Gasteiger partial charge in [0.1, 0.15) is 6.07 Å². The highest BCUT2D eigenvalue weighted by Gasteiger charge is 2.25. The maximum atomic E-state index is 12.1. The van der Waals surface area contributed by atoms with Crippen LogP contribution in [0, 0.1) is 26.9 Å². The van der Waals surface area contributed by atoms with Crippen molar-refractivity contribution in [2.75, 3.05) is 0 Å². The van der Waals surface area contributed by atoms with Gasteiger partial charge >= 0.3 is 0 Å². The lowest BCUT2D eigenvalue weighted by atomic mass is 9.86. The maximum Gasteiger partial charge on any atom is 0.284 e. The first-order chi connectivity index (χ1) is 9.16. The molecule has 0 spiro atoms. The van der Waals surface area contributed by atoms with Gasteiger partial charge in [0, 0.05) is 11.5 Å². The van der Waals surface area contributed by atoms with Crippen LogP contribution in [-0.2, 0) is 4.79 Å². The van der Waals surface area contributed by atoms with Crippen molar-refractivity contribution in [2.45, 2.75) is 20.8 Å². The Labute approximate surface area is 125 Å². The number of halogens is 1. The second-order valence-corrected chi connectivity index (χ2v) is 6.07. The second-order valence-electron chi connectivity index (χ2n) is 5.22. The van der Waals surface area contributed by atoms with Crippen LogP contribution in [0.2, 0.25) is 0 Å². The van der Waals surface area contributed by atoms with Gasteiger partial charge in [-0.15, -0.1) is 0 Å². The molecule has 0 bridgehead atoms. The highest BCUT2D eigenvalue weighted by atomic mass is 79.9. The summed E-state index contributed by atoms with van der Waals surface area (Å²) < 4.78 is 0.348. The molecular formula is C14H13BrN2O3. The van der Waals surface area contributed by atoms with Gasteiger partial charge in [0.05, 0.1) is 15.0 Å². The first-order valence-corrected chi connectivity index (χ1v) is 6.56. The molecule has 0 atom stereocenters. The predicted molar refractivity (Wildman–Crippen MR) is 78.8 cm³/mol. The number of carbonyl (C=O) groups is 1. The second kappa shape index (κ2) is 5.97. The molecule has 0 N–H and O–H groups in total. The Kier molecular flexibility index (Phi) is 4.79. The van der Waals surface area contributed by atoms with Crippen molar-refractivity contribution in [3.63, 3.8) is 0 Å². The van der Waals surface area contributed by atoms with Gasteiger partial charge in [0.15, 0.2) is 5.78 Å². The number of nitriles is 1. The molecule has 1 aromatic rings. The van der Waals surface area contributed by atoms with E-state index in [0.29, 0.717) is 10.0 Å². The molecule has 0 amide bonds. The Morgan fingerprint density at radius 3 is 2.50 bits per heavy atom. The van der Waals surface area contributed by atoms with Crippen LogP contribution in [0.4, 0.5) is 5.69 Å². The summed E-state index contributed by atoms with van der Waals surface area (Å²) in [6.45, 7) is 5.14. The molecular weight excluding hydrogens is 324 g/mol. The molecule has 0 aliphatic carbocycles. The van der Waals surface area contributed by atoms with E-state index in [1.54, 1.807) is 26.8 Å². The minimum atomic E-state index is -0.678. The Morgan fingerprint density at radius 1 is 1.45 bits per heavy atom. The van der Waals surface area contributed by atoms with E-state index in [-0.39, 0.29) is 17.0 Å². The lowest BCUT2D eigenvalue weighted by Crippen LogP contribution is -2.21. The SMILES string of the molecule is CC(C)(C)C(=O)/C(C#N)=C/c1ccc(Br)c([N+](=O)[O-])c1. The van der Waals surface area contributed by atoms with Crippen molar-refractivity contribution in [3.8, 4) is 6.07 Å². The molecule has 104 valence electrons. The minimum absolute atomic E-state index is 0.0193. The fourth-order valence-corrected chi connectivity index (χ4v) is 1.87. The van der Waals surface area contributed by atoms with Crippen molar-refractivity contribution in [1.82, 2.24) is 0 Å². The summed E-state index contributed by atoms with van der Waals surface area (Å²) in [5.74, 6) is -0.300. The van der Waals surface area contributed by atoms with Crippen LogP contribution in [0.1, 0.15) is 26.3 Å². The van der Waals surface area contributed by atoms with Crippen molar-refractivity contribution >= 4 is 33.5 Å². The molecule has 0 aromatic heterocycles. The zero-order valence-corrected chi connectivity index (χ0v) is 12.9. The van der Waals surface area contributed by atoms with E-state index in [2.05, 4.69) is 15.9 Å². The third kappa shape index (κ3) is 3.75. The zero-order valence-electron chi connectivity index (χ0n) is 11.3. The van der Waals surface area contributed by atoms with Crippen LogP contribution in [0.5, 0.6) is 0 Å². The third-order valence-electron chi connectivity index (χ3n) is 2.52. The van der Waals surface area contributed by atoms with E-state index in [1.165, 1.54) is 18.2 Å². The van der Waals surface area contributed by atoms with Gasteiger partial charge in [-0.2, -0.15) is 5.26 Å². The Balaban J connectivity index is 3.29. The van der Waals surface area contributed by atoms with Crippen molar-refractivity contribution in [1.29, 1.82) is 5.26 Å². The van der Waals surface area contributed by atoms with Gasteiger partial charge in [-0.25, -0.2) is 0 Å². The van der Waals surface area contributed by atoms with E-state index >= 15 is 0 Å². The number of nitro benzene ring substituents is 1. The molecule has 20 heavy (non-hydrogen) atoms. The minimum Gasteiger partial charge on any atom is -0.293 e. The van der Waals surface area contributed by atoms with E-state index in [4.69, 9.17) is 5.26 Å². The van der Waals surface area contributed by atoms with Gasteiger partial charge in [-0.3, -0.25) is 14.9 Å². The van der Waals surface area contributed by atoms with Crippen LogP contribution in [0.25, 0.3) is 6.08 Å². The highest BCUT2D eigenvalue weighted by Crippen LogP contribution is 2.27. The molecule has 0 unspecified atom stereocenters. The summed E-state index contributed by atoms with van der Waals surface area (Å²) in [7, 11) is 0. The predicted octanol–water partition coefficient (Wildman–Crippen LogP) is 3.88.